The van der Waals surface area contributed by atoms with Crippen LogP contribution in [0.1, 0.15) is 39.5 Å². The van der Waals surface area contributed by atoms with E-state index in [0.29, 0.717) is 18.1 Å². The van der Waals surface area contributed by atoms with Crippen molar-refractivity contribution in [3.05, 3.63) is 0 Å². The Balaban J connectivity index is 1.92. The minimum atomic E-state index is -0.613. The van der Waals surface area contributed by atoms with Crippen molar-refractivity contribution in [1.29, 1.82) is 0 Å². The van der Waals surface area contributed by atoms with Crippen LogP contribution in [0.25, 0.3) is 0 Å². The number of carboxylic acids is 1. The highest BCUT2D eigenvalue weighted by Crippen LogP contribution is 2.29. The van der Waals surface area contributed by atoms with Crippen LogP contribution in [0.4, 0.5) is 0 Å². The van der Waals surface area contributed by atoms with Gasteiger partial charge in [0.25, 0.3) is 0 Å². The van der Waals surface area contributed by atoms with E-state index in [1.807, 2.05) is 0 Å². The fraction of sp³-hybridized carbons (Fsp3) is 0.929. The lowest BCUT2D eigenvalue weighted by atomic mass is 9.88. The Bertz CT molecular complexity index is 308. The zero-order valence-electron chi connectivity index (χ0n) is 11.8. The van der Waals surface area contributed by atoms with Gasteiger partial charge in [-0.1, -0.05) is 0 Å². The third kappa shape index (κ3) is 2.86. The molecular weight excluding hydrogens is 228 g/mol. The molecule has 2 saturated heterocycles. The Morgan fingerprint density at radius 1 is 1.11 bits per heavy atom. The maximum absolute atomic E-state index is 11.1. The number of piperidine rings is 2. The van der Waals surface area contributed by atoms with Crippen molar-refractivity contribution in [1.82, 2.24) is 9.80 Å². The molecule has 18 heavy (non-hydrogen) atoms. The van der Waals surface area contributed by atoms with E-state index in [2.05, 4.69) is 30.7 Å². The van der Waals surface area contributed by atoms with Crippen LogP contribution in [-0.4, -0.2) is 59.1 Å². The highest BCUT2D eigenvalue weighted by atomic mass is 16.4. The molecular formula is C14H26N2O2. The lowest BCUT2D eigenvalue weighted by Crippen LogP contribution is -2.53. The molecule has 0 aliphatic carbocycles. The van der Waals surface area contributed by atoms with Crippen LogP contribution in [0.15, 0.2) is 0 Å². The predicted octanol–water partition coefficient (Wildman–Crippen LogP) is 1.65. The first-order valence-corrected chi connectivity index (χ1v) is 7.17. The smallest absolute Gasteiger partial charge is 0.306 e. The normalized spacial score (nSPS) is 39.7. The number of hydrogen-bond donors (Lipinski definition) is 1. The molecule has 0 bridgehead atoms. The molecule has 2 aliphatic rings. The van der Waals surface area contributed by atoms with Gasteiger partial charge in [0, 0.05) is 18.1 Å². The molecule has 2 rings (SSSR count). The van der Waals surface area contributed by atoms with Gasteiger partial charge in [-0.15, -0.1) is 0 Å². The van der Waals surface area contributed by atoms with Gasteiger partial charge in [-0.2, -0.15) is 0 Å². The van der Waals surface area contributed by atoms with Crippen LogP contribution in [0.2, 0.25) is 0 Å². The van der Waals surface area contributed by atoms with Crippen molar-refractivity contribution < 1.29 is 9.90 Å². The standard InChI is InChI=1S/C14H26N2O2/c1-10-9-13(5-6-15(10)3)16-7-4-12(14(17)18)8-11(16)2/h10-13H,4-9H2,1-3H3,(H,17,18). The molecule has 0 spiro atoms. The van der Waals surface area contributed by atoms with Crippen molar-refractivity contribution in [2.45, 2.75) is 57.7 Å². The van der Waals surface area contributed by atoms with Gasteiger partial charge in [0.1, 0.15) is 0 Å². The molecule has 0 aromatic heterocycles. The molecule has 4 heteroatoms. The van der Waals surface area contributed by atoms with E-state index in [4.69, 9.17) is 5.11 Å². The van der Waals surface area contributed by atoms with Crippen molar-refractivity contribution in [2.75, 3.05) is 20.1 Å². The fourth-order valence-electron chi connectivity index (χ4n) is 3.52. The van der Waals surface area contributed by atoms with Gasteiger partial charge < -0.3 is 10.0 Å². The number of nitrogens with zero attached hydrogens (tertiary/aromatic N) is 2. The molecule has 4 nitrogen and oxygen atoms in total. The van der Waals surface area contributed by atoms with E-state index in [-0.39, 0.29) is 5.92 Å². The SMILES string of the molecule is CC1CC(N2CCC(C(=O)O)CC2C)CCN1C. The first kappa shape index (κ1) is 13.8. The van der Waals surface area contributed by atoms with Gasteiger partial charge in [-0.3, -0.25) is 9.69 Å². The molecule has 0 saturated carbocycles. The lowest BCUT2D eigenvalue weighted by Gasteiger charge is -2.46. The molecule has 4 atom stereocenters. The van der Waals surface area contributed by atoms with Crippen molar-refractivity contribution >= 4 is 5.97 Å². The van der Waals surface area contributed by atoms with Gasteiger partial charge in [-0.05, 0) is 59.7 Å². The topological polar surface area (TPSA) is 43.8 Å². The maximum Gasteiger partial charge on any atom is 0.306 e. The Morgan fingerprint density at radius 3 is 2.39 bits per heavy atom. The summed E-state index contributed by atoms with van der Waals surface area (Å²) in [5.74, 6) is -0.738. The first-order valence-electron chi connectivity index (χ1n) is 7.17. The van der Waals surface area contributed by atoms with Crippen LogP contribution in [0, 0.1) is 5.92 Å². The van der Waals surface area contributed by atoms with E-state index in [1.165, 1.54) is 12.8 Å². The highest BCUT2D eigenvalue weighted by molar-refractivity contribution is 5.70. The van der Waals surface area contributed by atoms with E-state index in [9.17, 15) is 4.79 Å². The second kappa shape index (κ2) is 5.57. The number of carboxylic acid groups (broad SMARTS) is 1. The predicted molar refractivity (Wildman–Crippen MR) is 71.6 cm³/mol. The monoisotopic (exact) mass is 254 g/mol. The quantitative estimate of drug-likeness (QED) is 0.814. The average molecular weight is 254 g/mol. The van der Waals surface area contributed by atoms with Crippen LogP contribution in [0.5, 0.6) is 0 Å². The van der Waals surface area contributed by atoms with Crippen LogP contribution >= 0.6 is 0 Å². The second-order valence-corrected chi connectivity index (χ2v) is 6.15. The van der Waals surface area contributed by atoms with Gasteiger partial charge in [-0.25, -0.2) is 0 Å². The zero-order valence-corrected chi connectivity index (χ0v) is 11.8. The third-order valence-electron chi connectivity index (χ3n) is 4.93. The summed E-state index contributed by atoms with van der Waals surface area (Å²) in [7, 11) is 2.20. The maximum atomic E-state index is 11.1. The molecule has 2 heterocycles. The summed E-state index contributed by atoms with van der Waals surface area (Å²) < 4.78 is 0. The molecule has 0 aromatic rings. The summed E-state index contributed by atoms with van der Waals surface area (Å²) in [5.41, 5.74) is 0. The lowest BCUT2D eigenvalue weighted by molar-refractivity contribution is -0.144. The van der Waals surface area contributed by atoms with E-state index < -0.39 is 5.97 Å². The minimum absolute atomic E-state index is 0.125. The molecule has 1 N–H and O–H groups in total. The number of aliphatic carboxylic acids is 1. The van der Waals surface area contributed by atoms with Crippen molar-refractivity contribution in [2.24, 2.45) is 5.92 Å². The van der Waals surface area contributed by atoms with Crippen molar-refractivity contribution in [3.8, 4) is 0 Å². The summed E-state index contributed by atoms with van der Waals surface area (Å²) in [6.45, 7) is 6.61. The van der Waals surface area contributed by atoms with Gasteiger partial charge in [0.05, 0.1) is 5.92 Å². The summed E-state index contributed by atoms with van der Waals surface area (Å²) in [6.07, 6.45) is 4.08. The van der Waals surface area contributed by atoms with Gasteiger partial charge in [0.15, 0.2) is 0 Å². The first-order chi connectivity index (χ1) is 8.49. The fourth-order valence-corrected chi connectivity index (χ4v) is 3.52. The Hall–Kier alpha value is -0.610. The minimum Gasteiger partial charge on any atom is -0.481 e. The number of hydrogen-bond acceptors (Lipinski definition) is 3. The summed E-state index contributed by atoms with van der Waals surface area (Å²) in [6, 6.07) is 1.72. The molecule has 0 radical (unpaired) electrons. The molecule has 4 unspecified atom stereocenters. The number of likely N-dealkylation sites (tertiary alicyclic amines) is 2. The largest absolute Gasteiger partial charge is 0.481 e. The van der Waals surface area contributed by atoms with Crippen molar-refractivity contribution in [3.63, 3.8) is 0 Å². The molecule has 0 aromatic carbocycles. The number of rotatable bonds is 2. The Labute approximate surface area is 110 Å². The van der Waals surface area contributed by atoms with E-state index in [0.717, 1.165) is 25.9 Å². The second-order valence-electron chi connectivity index (χ2n) is 6.15. The van der Waals surface area contributed by atoms with E-state index in [1.54, 1.807) is 0 Å². The number of carbonyl (C=O) groups is 1. The molecule has 2 aliphatic heterocycles. The Morgan fingerprint density at radius 2 is 1.83 bits per heavy atom. The third-order valence-corrected chi connectivity index (χ3v) is 4.93. The molecule has 2 fully saturated rings. The zero-order chi connectivity index (χ0) is 13.3. The average Bonchev–Trinajstić information content (AvgIpc) is 2.32. The molecule has 104 valence electrons. The highest BCUT2D eigenvalue weighted by Gasteiger charge is 2.35. The van der Waals surface area contributed by atoms with Gasteiger partial charge in [0.2, 0.25) is 0 Å². The van der Waals surface area contributed by atoms with Crippen LogP contribution < -0.4 is 0 Å². The summed E-state index contributed by atoms with van der Waals surface area (Å²) in [5, 5.41) is 9.10. The summed E-state index contributed by atoms with van der Waals surface area (Å²) >= 11 is 0. The van der Waals surface area contributed by atoms with E-state index >= 15 is 0 Å². The summed E-state index contributed by atoms with van der Waals surface area (Å²) in [4.78, 5) is 16.0. The molecule has 0 amide bonds. The van der Waals surface area contributed by atoms with Crippen LogP contribution in [-0.2, 0) is 4.79 Å². The van der Waals surface area contributed by atoms with Gasteiger partial charge >= 0.3 is 5.97 Å². The Kier molecular flexibility index (Phi) is 4.28. The van der Waals surface area contributed by atoms with Crippen LogP contribution in [0.3, 0.4) is 0 Å².